The monoisotopic (exact) mass is 285 g/mol. The van der Waals surface area contributed by atoms with Gasteiger partial charge in [0, 0.05) is 11.6 Å². The van der Waals surface area contributed by atoms with Crippen LogP contribution in [-0.4, -0.2) is 25.2 Å². The summed E-state index contributed by atoms with van der Waals surface area (Å²) in [7, 11) is 3.54. The molecule has 0 bridgehead atoms. The molecule has 4 nitrogen and oxygen atoms in total. The summed E-state index contributed by atoms with van der Waals surface area (Å²) in [6.07, 6.45) is 0. The maximum atomic E-state index is 10.9. The molecular formula is C17H19NO3. The van der Waals surface area contributed by atoms with Gasteiger partial charge < -0.3 is 15.2 Å². The van der Waals surface area contributed by atoms with E-state index in [-0.39, 0.29) is 11.6 Å². The van der Waals surface area contributed by atoms with Crippen molar-refractivity contribution >= 4 is 5.97 Å². The van der Waals surface area contributed by atoms with Crippen LogP contribution in [0.25, 0.3) is 11.1 Å². The van der Waals surface area contributed by atoms with E-state index in [9.17, 15) is 4.79 Å². The molecule has 0 amide bonds. The molecule has 0 aromatic heterocycles. The normalized spacial score (nSPS) is 12.0. The zero-order valence-electron chi connectivity index (χ0n) is 12.4. The van der Waals surface area contributed by atoms with E-state index in [0.717, 1.165) is 22.4 Å². The molecule has 110 valence electrons. The number of methoxy groups -OCH3 is 1. The summed E-state index contributed by atoms with van der Waals surface area (Å²) in [5.41, 5.74) is 3.31. The Morgan fingerprint density at radius 3 is 2.38 bits per heavy atom. The van der Waals surface area contributed by atoms with Gasteiger partial charge in [-0.15, -0.1) is 0 Å². The molecule has 0 spiro atoms. The highest BCUT2D eigenvalue weighted by Gasteiger charge is 2.11. The molecule has 0 aliphatic heterocycles. The van der Waals surface area contributed by atoms with Gasteiger partial charge in [-0.1, -0.05) is 18.2 Å². The third-order valence-electron chi connectivity index (χ3n) is 3.60. The van der Waals surface area contributed by atoms with Gasteiger partial charge in [0.2, 0.25) is 0 Å². The number of hydrogen-bond donors (Lipinski definition) is 2. The molecule has 0 heterocycles. The Labute approximate surface area is 124 Å². The Morgan fingerprint density at radius 2 is 1.86 bits per heavy atom. The van der Waals surface area contributed by atoms with Crippen molar-refractivity contribution in [2.75, 3.05) is 14.2 Å². The first-order valence-electron chi connectivity index (χ1n) is 6.75. The number of benzene rings is 2. The van der Waals surface area contributed by atoms with Gasteiger partial charge >= 0.3 is 5.97 Å². The fourth-order valence-electron chi connectivity index (χ4n) is 2.18. The summed E-state index contributed by atoms with van der Waals surface area (Å²) in [5, 5.41) is 12.2. The Balaban J connectivity index is 2.47. The first kappa shape index (κ1) is 15.1. The summed E-state index contributed by atoms with van der Waals surface area (Å²) in [6, 6.07) is 13.1. The number of aromatic carboxylic acids is 1. The van der Waals surface area contributed by atoms with Gasteiger partial charge in [0.05, 0.1) is 12.7 Å². The molecule has 1 unspecified atom stereocenters. The highest BCUT2D eigenvalue weighted by atomic mass is 16.5. The lowest BCUT2D eigenvalue weighted by Crippen LogP contribution is -2.12. The van der Waals surface area contributed by atoms with E-state index in [2.05, 4.69) is 18.3 Å². The second kappa shape index (κ2) is 6.41. The van der Waals surface area contributed by atoms with Crippen LogP contribution < -0.4 is 10.1 Å². The molecule has 1 atom stereocenters. The Hall–Kier alpha value is -2.33. The summed E-state index contributed by atoms with van der Waals surface area (Å²) in [6.45, 7) is 2.08. The number of hydrogen-bond acceptors (Lipinski definition) is 3. The molecule has 2 aromatic rings. The molecule has 2 rings (SSSR count). The number of carboxylic acid groups (broad SMARTS) is 1. The fraction of sp³-hybridized carbons (Fsp3) is 0.235. The molecule has 0 saturated heterocycles. The molecule has 2 aromatic carbocycles. The van der Waals surface area contributed by atoms with Crippen molar-refractivity contribution < 1.29 is 14.6 Å². The highest BCUT2D eigenvalue weighted by molar-refractivity contribution is 5.88. The van der Waals surface area contributed by atoms with Gasteiger partial charge in [-0.05, 0) is 49.4 Å². The van der Waals surface area contributed by atoms with Crippen LogP contribution in [0, 0.1) is 0 Å². The predicted molar refractivity (Wildman–Crippen MR) is 82.9 cm³/mol. The first-order valence-corrected chi connectivity index (χ1v) is 6.75. The van der Waals surface area contributed by atoms with E-state index in [4.69, 9.17) is 9.84 Å². The summed E-state index contributed by atoms with van der Waals surface area (Å²) >= 11 is 0. The van der Waals surface area contributed by atoms with Gasteiger partial charge in [-0.3, -0.25) is 0 Å². The second-order valence-electron chi connectivity index (χ2n) is 4.85. The quantitative estimate of drug-likeness (QED) is 0.884. The van der Waals surface area contributed by atoms with Crippen molar-refractivity contribution in [2.24, 2.45) is 0 Å². The minimum absolute atomic E-state index is 0.230. The smallest absolute Gasteiger partial charge is 0.335 e. The van der Waals surface area contributed by atoms with Crippen molar-refractivity contribution in [3.63, 3.8) is 0 Å². The Morgan fingerprint density at radius 1 is 1.19 bits per heavy atom. The van der Waals surface area contributed by atoms with Crippen LogP contribution in [0.2, 0.25) is 0 Å². The van der Waals surface area contributed by atoms with Crippen LogP contribution in [0.4, 0.5) is 0 Å². The number of rotatable bonds is 5. The minimum Gasteiger partial charge on any atom is -0.496 e. The number of carboxylic acids is 1. The van der Waals surface area contributed by atoms with Gasteiger partial charge in [0.25, 0.3) is 0 Å². The van der Waals surface area contributed by atoms with Gasteiger partial charge in [-0.2, -0.15) is 0 Å². The highest BCUT2D eigenvalue weighted by Crippen LogP contribution is 2.32. The lowest BCUT2D eigenvalue weighted by molar-refractivity contribution is 0.0697. The van der Waals surface area contributed by atoms with E-state index in [1.54, 1.807) is 31.4 Å². The largest absolute Gasteiger partial charge is 0.496 e. The van der Waals surface area contributed by atoms with E-state index in [1.165, 1.54) is 0 Å². The van der Waals surface area contributed by atoms with E-state index < -0.39 is 5.97 Å². The molecule has 21 heavy (non-hydrogen) atoms. The van der Waals surface area contributed by atoms with Crippen LogP contribution in [0.1, 0.15) is 28.9 Å². The number of carbonyl (C=O) groups is 1. The average Bonchev–Trinajstić information content (AvgIpc) is 2.53. The van der Waals surface area contributed by atoms with Gasteiger partial charge in [-0.25, -0.2) is 4.79 Å². The van der Waals surface area contributed by atoms with Crippen LogP contribution in [0.3, 0.4) is 0 Å². The summed E-state index contributed by atoms with van der Waals surface area (Å²) < 4.78 is 5.41. The lowest BCUT2D eigenvalue weighted by atomic mass is 9.98. The molecule has 0 fully saturated rings. The van der Waals surface area contributed by atoms with E-state index >= 15 is 0 Å². The van der Waals surface area contributed by atoms with Crippen LogP contribution in [0.5, 0.6) is 5.75 Å². The van der Waals surface area contributed by atoms with Crippen molar-refractivity contribution in [1.29, 1.82) is 0 Å². The maximum absolute atomic E-state index is 10.9. The summed E-state index contributed by atoms with van der Waals surface area (Å²) in [5.74, 6) is -0.156. The minimum atomic E-state index is -0.925. The molecule has 4 heteroatoms. The maximum Gasteiger partial charge on any atom is 0.335 e. The predicted octanol–water partition coefficient (Wildman–Crippen LogP) is 3.34. The standard InChI is InChI=1S/C17H19NO3/c1-11(18-2)14-8-9-16(21-3)15(10-14)12-4-6-13(7-5-12)17(19)20/h4-11,18H,1-3H3,(H,19,20). The van der Waals surface area contributed by atoms with Crippen molar-refractivity contribution in [3.8, 4) is 16.9 Å². The van der Waals surface area contributed by atoms with Crippen molar-refractivity contribution in [1.82, 2.24) is 5.32 Å². The Bertz CT molecular complexity index is 635. The van der Waals surface area contributed by atoms with Gasteiger partial charge in [0.1, 0.15) is 5.75 Å². The molecule has 0 saturated carbocycles. The van der Waals surface area contributed by atoms with Crippen molar-refractivity contribution in [2.45, 2.75) is 13.0 Å². The topological polar surface area (TPSA) is 58.6 Å². The zero-order valence-corrected chi connectivity index (χ0v) is 12.4. The third-order valence-corrected chi connectivity index (χ3v) is 3.60. The molecular weight excluding hydrogens is 266 g/mol. The average molecular weight is 285 g/mol. The molecule has 0 aliphatic carbocycles. The second-order valence-corrected chi connectivity index (χ2v) is 4.85. The number of ether oxygens (including phenoxy) is 1. The van der Waals surface area contributed by atoms with Gasteiger partial charge in [0.15, 0.2) is 0 Å². The fourth-order valence-corrected chi connectivity index (χ4v) is 2.18. The SMILES string of the molecule is CNC(C)c1ccc(OC)c(-c2ccc(C(=O)O)cc2)c1. The Kier molecular flexibility index (Phi) is 4.60. The third kappa shape index (κ3) is 3.23. The summed E-state index contributed by atoms with van der Waals surface area (Å²) in [4.78, 5) is 10.9. The van der Waals surface area contributed by atoms with E-state index in [0.29, 0.717) is 0 Å². The van der Waals surface area contributed by atoms with Crippen LogP contribution in [-0.2, 0) is 0 Å². The van der Waals surface area contributed by atoms with Crippen LogP contribution in [0.15, 0.2) is 42.5 Å². The number of nitrogens with one attached hydrogen (secondary N) is 1. The van der Waals surface area contributed by atoms with Crippen molar-refractivity contribution in [3.05, 3.63) is 53.6 Å². The zero-order chi connectivity index (χ0) is 15.4. The molecule has 0 aliphatic rings. The molecule has 0 radical (unpaired) electrons. The van der Waals surface area contributed by atoms with Crippen LogP contribution >= 0.6 is 0 Å². The molecule has 2 N–H and O–H groups in total. The first-order chi connectivity index (χ1) is 10.1. The lowest BCUT2D eigenvalue weighted by Gasteiger charge is -2.15. The van der Waals surface area contributed by atoms with E-state index in [1.807, 2.05) is 19.2 Å².